The molecule has 1 aromatic heterocycles. The maximum Gasteiger partial charge on any atom is 0.272 e. The van der Waals surface area contributed by atoms with Crippen molar-refractivity contribution in [1.82, 2.24) is 25.1 Å². The Morgan fingerprint density at radius 1 is 1.00 bits per heavy atom. The summed E-state index contributed by atoms with van der Waals surface area (Å²) in [6.45, 7) is 4.71. The first-order valence-electron chi connectivity index (χ1n) is 9.55. The Morgan fingerprint density at radius 3 is 2.28 bits per heavy atom. The predicted molar refractivity (Wildman–Crippen MR) is 116 cm³/mol. The van der Waals surface area contributed by atoms with Gasteiger partial charge in [0.15, 0.2) is 0 Å². The molecule has 2 amide bonds. The second-order valence-corrected chi connectivity index (χ2v) is 9.34. The molecule has 0 aliphatic rings. The van der Waals surface area contributed by atoms with Crippen LogP contribution in [-0.4, -0.2) is 48.1 Å². The van der Waals surface area contributed by atoms with Crippen LogP contribution in [0.25, 0.3) is 11.0 Å². The lowest BCUT2D eigenvalue weighted by Crippen LogP contribution is -2.46. The fourth-order valence-electron chi connectivity index (χ4n) is 2.88. The Morgan fingerprint density at radius 2 is 1.62 bits per heavy atom. The lowest BCUT2D eigenvalue weighted by atomic mass is 10.1. The largest absolute Gasteiger partial charge is 0.272 e. The molecule has 1 heterocycles. The second-order valence-electron chi connectivity index (χ2n) is 7.29. The maximum atomic E-state index is 14.0. The van der Waals surface area contributed by atoms with Crippen molar-refractivity contribution >= 4 is 32.9 Å². The number of rotatable bonds is 5. The van der Waals surface area contributed by atoms with Crippen LogP contribution in [0.1, 0.15) is 27.3 Å². The lowest BCUT2D eigenvalue weighted by molar-refractivity contribution is -0.121. The highest BCUT2D eigenvalue weighted by Gasteiger charge is 2.23. The molecule has 168 valence electrons. The van der Waals surface area contributed by atoms with E-state index in [4.69, 9.17) is 0 Å². The minimum absolute atomic E-state index is 0.0397. The molecule has 0 aliphatic carbocycles. The third-order valence-corrected chi connectivity index (χ3v) is 6.62. The standard InChI is InChI=1S/C21H22FN5O4S/c1-12-5-7-16(8-6-12)32(30,31)27(4)11-19(28)25-26-21(29)17-9-15(22)10-18-20(17)24-14(3)13(2)23-18/h5-10H,11H2,1-4H3,(H,25,28)(H,26,29). The number of sulfonamides is 1. The van der Waals surface area contributed by atoms with E-state index in [1.165, 1.54) is 19.2 Å². The van der Waals surface area contributed by atoms with Crippen molar-refractivity contribution in [2.75, 3.05) is 13.6 Å². The molecule has 9 nitrogen and oxygen atoms in total. The van der Waals surface area contributed by atoms with Gasteiger partial charge in [-0.05, 0) is 39.0 Å². The number of carbonyl (C=O) groups excluding carboxylic acids is 2. The van der Waals surface area contributed by atoms with Crippen LogP contribution in [0.4, 0.5) is 4.39 Å². The van der Waals surface area contributed by atoms with Gasteiger partial charge in [-0.25, -0.2) is 22.8 Å². The molecular formula is C21H22FN5O4S. The van der Waals surface area contributed by atoms with E-state index in [1.807, 2.05) is 6.92 Å². The number of carbonyl (C=O) groups is 2. The molecule has 0 atom stereocenters. The number of likely N-dealkylation sites (N-methyl/N-ethyl adjacent to an activating group) is 1. The van der Waals surface area contributed by atoms with Crippen LogP contribution < -0.4 is 10.9 Å². The summed E-state index contributed by atoms with van der Waals surface area (Å²) in [7, 11) is -2.65. The van der Waals surface area contributed by atoms with Gasteiger partial charge in [0.05, 0.1) is 33.9 Å². The molecule has 3 rings (SSSR count). The summed E-state index contributed by atoms with van der Waals surface area (Å²) in [6.07, 6.45) is 0. The van der Waals surface area contributed by atoms with Crippen molar-refractivity contribution in [2.45, 2.75) is 25.7 Å². The van der Waals surface area contributed by atoms with E-state index in [1.54, 1.807) is 26.0 Å². The van der Waals surface area contributed by atoms with Gasteiger partial charge in [-0.15, -0.1) is 0 Å². The molecular weight excluding hydrogens is 437 g/mol. The summed E-state index contributed by atoms with van der Waals surface area (Å²) in [5, 5.41) is 0. The molecule has 0 spiro atoms. The Hall–Kier alpha value is -3.44. The monoisotopic (exact) mass is 459 g/mol. The zero-order valence-corrected chi connectivity index (χ0v) is 18.7. The van der Waals surface area contributed by atoms with E-state index in [0.29, 0.717) is 11.4 Å². The van der Waals surface area contributed by atoms with E-state index >= 15 is 0 Å². The van der Waals surface area contributed by atoms with Gasteiger partial charge in [-0.3, -0.25) is 20.4 Å². The Labute approximate surface area is 184 Å². The predicted octanol–water partition coefficient (Wildman–Crippen LogP) is 1.78. The average Bonchev–Trinajstić information content (AvgIpc) is 2.73. The second kappa shape index (κ2) is 8.97. The van der Waals surface area contributed by atoms with Gasteiger partial charge in [0, 0.05) is 13.1 Å². The topological polar surface area (TPSA) is 121 Å². The zero-order valence-electron chi connectivity index (χ0n) is 17.9. The number of aryl methyl sites for hydroxylation is 3. The maximum absolute atomic E-state index is 14.0. The number of fused-ring (bicyclic) bond motifs is 1. The van der Waals surface area contributed by atoms with Gasteiger partial charge in [0.25, 0.3) is 11.8 Å². The Kier molecular flexibility index (Phi) is 6.51. The van der Waals surface area contributed by atoms with Crippen molar-refractivity contribution in [3.63, 3.8) is 0 Å². The molecule has 0 fully saturated rings. The van der Waals surface area contributed by atoms with Crippen molar-refractivity contribution in [1.29, 1.82) is 0 Å². The number of amides is 2. The molecule has 0 saturated heterocycles. The smallest absolute Gasteiger partial charge is 0.272 e. The number of hydrogen-bond donors (Lipinski definition) is 2. The Balaban J connectivity index is 1.70. The number of hydrogen-bond acceptors (Lipinski definition) is 6. The molecule has 0 radical (unpaired) electrons. The Bertz CT molecular complexity index is 1310. The highest BCUT2D eigenvalue weighted by molar-refractivity contribution is 7.89. The average molecular weight is 460 g/mol. The number of nitrogens with one attached hydrogen (secondary N) is 2. The molecule has 0 saturated carbocycles. The highest BCUT2D eigenvalue weighted by Crippen LogP contribution is 2.19. The summed E-state index contributed by atoms with van der Waals surface area (Å²) in [5.74, 6) is -2.28. The van der Waals surface area contributed by atoms with E-state index in [-0.39, 0.29) is 21.5 Å². The van der Waals surface area contributed by atoms with Gasteiger partial charge in [0.2, 0.25) is 10.0 Å². The zero-order chi connectivity index (χ0) is 23.6. The number of nitrogens with zero attached hydrogens (tertiary/aromatic N) is 3. The van der Waals surface area contributed by atoms with E-state index in [0.717, 1.165) is 22.0 Å². The first kappa shape index (κ1) is 23.2. The van der Waals surface area contributed by atoms with Gasteiger partial charge in [-0.1, -0.05) is 17.7 Å². The summed E-state index contributed by atoms with van der Waals surface area (Å²) < 4.78 is 40.0. The molecule has 0 bridgehead atoms. The minimum atomic E-state index is -3.89. The number of aromatic nitrogens is 2. The number of halogens is 1. The van der Waals surface area contributed by atoms with Crippen molar-refractivity contribution < 1.29 is 22.4 Å². The van der Waals surface area contributed by atoms with Gasteiger partial charge in [0.1, 0.15) is 11.3 Å². The van der Waals surface area contributed by atoms with Crippen LogP contribution in [0.5, 0.6) is 0 Å². The highest BCUT2D eigenvalue weighted by atomic mass is 32.2. The van der Waals surface area contributed by atoms with E-state index < -0.39 is 34.2 Å². The molecule has 2 N–H and O–H groups in total. The lowest BCUT2D eigenvalue weighted by Gasteiger charge is -2.17. The van der Waals surface area contributed by atoms with Crippen LogP contribution in [0, 0.1) is 26.6 Å². The van der Waals surface area contributed by atoms with Gasteiger partial charge in [-0.2, -0.15) is 4.31 Å². The van der Waals surface area contributed by atoms with E-state index in [2.05, 4.69) is 20.8 Å². The number of hydrazine groups is 1. The molecule has 32 heavy (non-hydrogen) atoms. The third kappa shape index (κ3) is 4.89. The van der Waals surface area contributed by atoms with Crippen LogP contribution in [-0.2, 0) is 14.8 Å². The quantitative estimate of drug-likeness (QED) is 0.561. The van der Waals surface area contributed by atoms with Crippen LogP contribution in [0.2, 0.25) is 0 Å². The van der Waals surface area contributed by atoms with Crippen molar-refractivity contribution in [3.05, 3.63) is 64.7 Å². The van der Waals surface area contributed by atoms with Crippen LogP contribution in [0.15, 0.2) is 41.3 Å². The summed E-state index contributed by atoms with van der Waals surface area (Å²) >= 11 is 0. The van der Waals surface area contributed by atoms with E-state index in [9.17, 15) is 22.4 Å². The third-order valence-electron chi connectivity index (χ3n) is 4.80. The van der Waals surface area contributed by atoms with Gasteiger partial charge >= 0.3 is 0 Å². The normalized spacial score (nSPS) is 11.6. The first-order valence-corrected chi connectivity index (χ1v) is 11.0. The fourth-order valence-corrected chi connectivity index (χ4v) is 4.01. The molecule has 0 unspecified atom stereocenters. The molecule has 0 aliphatic heterocycles. The fraction of sp³-hybridized carbons (Fsp3) is 0.238. The summed E-state index contributed by atoms with van der Waals surface area (Å²) in [6, 6.07) is 8.34. The molecule has 2 aromatic carbocycles. The van der Waals surface area contributed by atoms with Crippen LogP contribution >= 0.6 is 0 Å². The summed E-state index contributed by atoms with van der Waals surface area (Å²) in [4.78, 5) is 33.3. The van der Waals surface area contributed by atoms with Crippen LogP contribution in [0.3, 0.4) is 0 Å². The SMILES string of the molecule is Cc1ccc(S(=O)(=O)N(C)CC(=O)NNC(=O)c2cc(F)cc3nc(C)c(C)nc23)cc1. The molecule has 11 heteroatoms. The first-order chi connectivity index (χ1) is 15.0. The van der Waals surface area contributed by atoms with Gasteiger partial charge < -0.3 is 0 Å². The summed E-state index contributed by atoms with van der Waals surface area (Å²) in [5.41, 5.74) is 6.64. The van der Waals surface area contributed by atoms with Crippen molar-refractivity contribution in [2.24, 2.45) is 0 Å². The number of benzene rings is 2. The van der Waals surface area contributed by atoms with Crippen molar-refractivity contribution in [3.8, 4) is 0 Å². The molecule has 3 aromatic rings. The minimum Gasteiger partial charge on any atom is -0.272 e.